The van der Waals surface area contributed by atoms with Gasteiger partial charge in [-0.25, -0.2) is 4.98 Å². The minimum atomic E-state index is -0.829. The van der Waals surface area contributed by atoms with Crippen LogP contribution >= 0.6 is 11.3 Å². The normalized spacial score (nSPS) is 20.3. The van der Waals surface area contributed by atoms with Crippen molar-refractivity contribution in [3.8, 4) is 10.4 Å². The molecule has 3 rings (SSSR count). The lowest BCUT2D eigenvalue weighted by Crippen LogP contribution is -2.58. The van der Waals surface area contributed by atoms with Crippen LogP contribution in [0.25, 0.3) is 10.4 Å². The van der Waals surface area contributed by atoms with E-state index in [0.717, 1.165) is 21.7 Å². The van der Waals surface area contributed by atoms with E-state index in [1.54, 1.807) is 11.3 Å². The van der Waals surface area contributed by atoms with Crippen molar-refractivity contribution in [1.82, 2.24) is 20.5 Å². The van der Waals surface area contributed by atoms with Crippen molar-refractivity contribution in [2.75, 3.05) is 6.54 Å². The van der Waals surface area contributed by atoms with Crippen LogP contribution in [0.3, 0.4) is 0 Å². The van der Waals surface area contributed by atoms with E-state index in [1.165, 1.54) is 4.90 Å². The first kappa shape index (κ1) is 26.3. The maximum Gasteiger partial charge on any atom is 0.243 e. The SMILES string of the molecule is CCC(O)N[C@H](C(=O)N1C[C@H](O)C[C@H]1C(=O)NCc1ccc(-c2scnc2C)cc1)C(C)(C)C. The molecule has 1 unspecified atom stereocenters. The minimum Gasteiger partial charge on any atom is -0.391 e. The third kappa shape index (κ3) is 6.21. The summed E-state index contributed by atoms with van der Waals surface area (Å²) < 4.78 is 0. The summed E-state index contributed by atoms with van der Waals surface area (Å²) in [7, 11) is 0. The molecule has 2 heterocycles. The standard InChI is InChI=1S/C25H36N4O4S/c1-6-20(31)28-22(25(3,4)5)24(33)29-13-18(30)11-19(29)23(32)26-12-16-7-9-17(10-8-16)21-15(2)27-14-34-21/h7-10,14,18-20,22,28,30-31H,6,11-13H2,1-5H3,(H,26,32)/t18-,19+,20?,22-/m1/s1. The van der Waals surface area contributed by atoms with Crippen LogP contribution in [0.15, 0.2) is 29.8 Å². The lowest BCUT2D eigenvalue weighted by atomic mass is 9.85. The van der Waals surface area contributed by atoms with Crippen LogP contribution in [0.2, 0.25) is 0 Å². The van der Waals surface area contributed by atoms with E-state index in [1.807, 2.05) is 64.4 Å². The van der Waals surface area contributed by atoms with Gasteiger partial charge in [0.1, 0.15) is 12.3 Å². The summed E-state index contributed by atoms with van der Waals surface area (Å²) in [6, 6.07) is 6.50. The predicted octanol–water partition coefficient (Wildman–Crippen LogP) is 2.43. The molecule has 1 fully saturated rings. The van der Waals surface area contributed by atoms with Gasteiger partial charge in [-0.05, 0) is 29.9 Å². The summed E-state index contributed by atoms with van der Waals surface area (Å²) in [5.41, 5.74) is 4.35. The van der Waals surface area contributed by atoms with Crippen molar-refractivity contribution in [2.45, 2.75) is 78.4 Å². The lowest BCUT2D eigenvalue weighted by molar-refractivity contribution is -0.143. The summed E-state index contributed by atoms with van der Waals surface area (Å²) in [4.78, 5) is 33.3. The van der Waals surface area contributed by atoms with Crippen LogP contribution in [0, 0.1) is 12.3 Å². The number of carbonyl (C=O) groups excluding carboxylic acids is 2. The van der Waals surface area contributed by atoms with Crippen molar-refractivity contribution < 1.29 is 19.8 Å². The first-order valence-corrected chi connectivity index (χ1v) is 12.6. The van der Waals surface area contributed by atoms with Gasteiger partial charge in [0, 0.05) is 19.5 Å². The molecule has 4 atom stereocenters. The molecule has 8 nitrogen and oxygen atoms in total. The van der Waals surface area contributed by atoms with Gasteiger partial charge in [0.15, 0.2) is 0 Å². The third-order valence-electron chi connectivity index (χ3n) is 6.15. The average Bonchev–Trinajstić information content (AvgIpc) is 3.40. The number of thiazole rings is 1. The minimum absolute atomic E-state index is 0.0935. The van der Waals surface area contributed by atoms with E-state index in [0.29, 0.717) is 13.0 Å². The Morgan fingerprint density at radius 2 is 1.94 bits per heavy atom. The van der Waals surface area contributed by atoms with Gasteiger partial charge in [0.05, 0.1) is 28.2 Å². The number of rotatable bonds is 8. The molecule has 4 N–H and O–H groups in total. The maximum atomic E-state index is 13.4. The van der Waals surface area contributed by atoms with Gasteiger partial charge in [0.2, 0.25) is 11.8 Å². The summed E-state index contributed by atoms with van der Waals surface area (Å²) in [5.74, 6) is -0.586. The van der Waals surface area contributed by atoms with Crippen LogP contribution < -0.4 is 10.6 Å². The van der Waals surface area contributed by atoms with Crippen molar-refractivity contribution in [2.24, 2.45) is 5.41 Å². The van der Waals surface area contributed by atoms with E-state index >= 15 is 0 Å². The fraction of sp³-hybridized carbons (Fsp3) is 0.560. The van der Waals surface area contributed by atoms with Crippen LogP contribution in [-0.4, -0.2) is 62.9 Å². The maximum absolute atomic E-state index is 13.4. The monoisotopic (exact) mass is 488 g/mol. The van der Waals surface area contributed by atoms with Gasteiger partial charge in [-0.3, -0.25) is 14.9 Å². The molecule has 1 aliphatic rings. The first-order chi connectivity index (χ1) is 16.0. The number of aromatic nitrogens is 1. The molecule has 2 aromatic rings. The fourth-order valence-electron chi connectivity index (χ4n) is 4.13. The highest BCUT2D eigenvalue weighted by atomic mass is 32.1. The van der Waals surface area contributed by atoms with Crippen LogP contribution in [-0.2, 0) is 16.1 Å². The number of nitrogens with zero attached hydrogens (tertiary/aromatic N) is 2. The Bertz CT molecular complexity index is 986. The van der Waals surface area contributed by atoms with Crippen LogP contribution in [0.5, 0.6) is 0 Å². The number of aliphatic hydroxyl groups is 2. The smallest absolute Gasteiger partial charge is 0.243 e. The topological polar surface area (TPSA) is 115 Å². The third-order valence-corrected chi connectivity index (χ3v) is 7.13. The van der Waals surface area contributed by atoms with Crippen LogP contribution in [0.1, 0.15) is 51.8 Å². The summed E-state index contributed by atoms with van der Waals surface area (Å²) in [6.45, 7) is 9.94. The quantitative estimate of drug-likeness (QED) is 0.424. The fourth-order valence-corrected chi connectivity index (χ4v) is 4.95. The number of amides is 2. The number of nitrogens with one attached hydrogen (secondary N) is 2. The molecule has 1 saturated heterocycles. The molecule has 34 heavy (non-hydrogen) atoms. The average molecular weight is 489 g/mol. The molecule has 2 amide bonds. The van der Waals surface area contributed by atoms with Gasteiger partial charge >= 0.3 is 0 Å². The van der Waals surface area contributed by atoms with Gasteiger partial charge in [-0.15, -0.1) is 11.3 Å². The Morgan fingerprint density at radius 3 is 2.50 bits per heavy atom. The molecule has 9 heteroatoms. The highest BCUT2D eigenvalue weighted by Crippen LogP contribution is 2.28. The molecule has 0 saturated carbocycles. The molecule has 0 bridgehead atoms. The number of likely N-dealkylation sites (tertiary alicyclic amines) is 1. The Labute approximate surface area is 205 Å². The zero-order chi connectivity index (χ0) is 25.0. The molecular formula is C25H36N4O4S. The number of carbonyl (C=O) groups is 2. The molecule has 0 aliphatic carbocycles. The summed E-state index contributed by atoms with van der Waals surface area (Å²) >= 11 is 1.59. The number of β-amino-alcohol motifs (C(OH)–C–C–N with tert-alkyl or cyclic N) is 1. The van der Waals surface area contributed by atoms with Crippen molar-refractivity contribution in [3.05, 3.63) is 41.0 Å². The molecule has 0 radical (unpaired) electrons. The molecule has 1 aromatic carbocycles. The van der Waals surface area contributed by atoms with E-state index in [2.05, 4.69) is 15.6 Å². The molecular weight excluding hydrogens is 452 g/mol. The first-order valence-electron chi connectivity index (χ1n) is 11.7. The largest absolute Gasteiger partial charge is 0.391 e. The van der Waals surface area contributed by atoms with E-state index < -0.39 is 29.8 Å². The van der Waals surface area contributed by atoms with Gasteiger partial charge < -0.3 is 20.4 Å². The number of hydrogen-bond acceptors (Lipinski definition) is 7. The van der Waals surface area contributed by atoms with Gasteiger partial charge in [0.25, 0.3) is 0 Å². The number of benzene rings is 1. The highest BCUT2D eigenvalue weighted by Gasteiger charge is 2.44. The van der Waals surface area contributed by atoms with Crippen molar-refractivity contribution in [3.63, 3.8) is 0 Å². The number of aliphatic hydroxyl groups excluding tert-OH is 2. The Hall–Kier alpha value is -2.33. The highest BCUT2D eigenvalue weighted by molar-refractivity contribution is 7.13. The van der Waals surface area contributed by atoms with Gasteiger partial charge in [-0.1, -0.05) is 52.0 Å². The van der Waals surface area contributed by atoms with Crippen molar-refractivity contribution >= 4 is 23.2 Å². The summed E-state index contributed by atoms with van der Waals surface area (Å²) in [5, 5.41) is 26.3. The molecule has 1 aromatic heterocycles. The predicted molar refractivity (Wildman–Crippen MR) is 133 cm³/mol. The second-order valence-electron chi connectivity index (χ2n) is 9.97. The molecule has 0 spiro atoms. The number of aryl methyl sites for hydroxylation is 1. The van der Waals surface area contributed by atoms with E-state index in [4.69, 9.17) is 0 Å². The zero-order valence-electron chi connectivity index (χ0n) is 20.5. The zero-order valence-corrected chi connectivity index (χ0v) is 21.4. The lowest BCUT2D eigenvalue weighted by Gasteiger charge is -2.36. The summed E-state index contributed by atoms with van der Waals surface area (Å²) in [6.07, 6.45) is -0.953. The molecule has 1 aliphatic heterocycles. The molecule has 186 valence electrons. The van der Waals surface area contributed by atoms with Gasteiger partial charge in [-0.2, -0.15) is 0 Å². The second-order valence-corrected chi connectivity index (χ2v) is 10.8. The second kappa shape index (κ2) is 10.9. The number of hydrogen-bond donors (Lipinski definition) is 4. The van der Waals surface area contributed by atoms with Crippen LogP contribution in [0.4, 0.5) is 0 Å². The Balaban J connectivity index is 1.67. The van der Waals surface area contributed by atoms with E-state index in [-0.39, 0.29) is 24.8 Å². The Kier molecular flexibility index (Phi) is 8.46. The Morgan fingerprint density at radius 1 is 1.26 bits per heavy atom. The van der Waals surface area contributed by atoms with Crippen molar-refractivity contribution in [1.29, 1.82) is 0 Å². The van der Waals surface area contributed by atoms with E-state index in [9.17, 15) is 19.8 Å².